The predicted octanol–water partition coefficient (Wildman–Crippen LogP) is 2.50. The zero-order valence-corrected chi connectivity index (χ0v) is 14.0. The van der Waals surface area contributed by atoms with Gasteiger partial charge in [0.1, 0.15) is 0 Å². The lowest BCUT2D eigenvalue weighted by molar-refractivity contribution is 0.0390. The molecule has 0 N–H and O–H groups in total. The lowest BCUT2D eigenvalue weighted by Gasteiger charge is -2.45. The van der Waals surface area contributed by atoms with E-state index in [2.05, 4.69) is 53.3 Å². The molecule has 104 valence electrons. The summed E-state index contributed by atoms with van der Waals surface area (Å²) in [6.07, 6.45) is 0. The van der Waals surface area contributed by atoms with Crippen molar-refractivity contribution in [3.8, 4) is 0 Å². The van der Waals surface area contributed by atoms with E-state index in [1.807, 2.05) is 24.3 Å². The van der Waals surface area contributed by atoms with Crippen molar-refractivity contribution in [3.05, 3.63) is 33.4 Å². The van der Waals surface area contributed by atoms with E-state index in [-0.39, 0.29) is 11.3 Å². The number of carbonyl (C=O) groups is 1. The molecule has 1 aliphatic heterocycles. The Morgan fingerprint density at radius 1 is 1.26 bits per heavy atom. The van der Waals surface area contributed by atoms with Gasteiger partial charge in [0.25, 0.3) is 0 Å². The molecule has 0 spiro atoms. The third-order valence-electron chi connectivity index (χ3n) is 3.93. The lowest BCUT2D eigenvalue weighted by atomic mass is 9.99. The van der Waals surface area contributed by atoms with Crippen LogP contribution in [-0.2, 0) is 0 Å². The van der Waals surface area contributed by atoms with Gasteiger partial charge >= 0.3 is 0 Å². The summed E-state index contributed by atoms with van der Waals surface area (Å²) in [5.74, 6) is 0.219. The maximum atomic E-state index is 12.3. The van der Waals surface area contributed by atoms with Crippen molar-refractivity contribution in [1.82, 2.24) is 9.80 Å². The van der Waals surface area contributed by atoms with Gasteiger partial charge in [-0.1, -0.05) is 12.1 Å². The molecule has 0 saturated carbocycles. The summed E-state index contributed by atoms with van der Waals surface area (Å²) in [5, 5.41) is 0. The summed E-state index contributed by atoms with van der Waals surface area (Å²) in [6, 6.07) is 7.82. The molecule has 0 aliphatic carbocycles. The smallest absolute Gasteiger partial charge is 0.176 e. The molecule has 1 saturated heterocycles. The first-order chi connectivity index (χ1) is 8.88. The van der Waals surface area contributed by atoms with Crippen molar-refractivity contribution in [3.63, 3.8) is 0 Å². The van der Waals surface area contributed by atoms with Crippen LogP contribution in [-0.4, -0.2) is 54.3 Å². The van der Waals surface area contributed by atoms with E-state index < -0.39 is 0 Å². The van der Waals surface area contributed by atoms with Crippen molar-refractivity contribution in [1.29, 1.82) is 0 Å². The third kappa shape index (κ3) is 3.77. The Hall–Kier alpha value is -0.460. The fourth-order valence-corrected chi connectivity index (χ4v) is 2.77. The molecule has 1 aliphatic rings. The molecule has 0 aromatic heterocycles. The first kappa shape index (κ1) is 14.9. The highest BCUT2D eigenvalue weighted by molar-refractivity contribution is 14.1. The van der Waals surface area contributed by atoms with E-state index in [1.54, 1.807) is 0 Å². The van der Waals surface area contributed by atoms with E-state index in [1.165, 1.54) is 0 Å². The second kappa shape index (κ2) is 5.89. The van der Waals surface area contributed by atoms with Gasteiger partial charge in [-0.25, -0.2) is 0 Å². The highest BCUT2D eigenvalue weighted by Gasteiger charge is 2.31. The lowest BCUT2D eigenvalue weighted by Crippen LogP contribution is -2.58. The van der Waals surface area contributed by atoms with Crippen LogP contribution >= 0.6 is 22.6 Å². The maximum absolute atomic E-state index is 12.3. The number of Topliss-reactive ketones (excluding diaryl/α,β-unsaturated/α-hetero) is 1. The molecule has 19 heavy (non-hydrogen) atoms. The van der Waals surface area contributed by atoms with Crippen molar-refractivity contribution in [2.45, 2.75) is 19.4 Å². The normalized spacial score (nSPS) is 20.4. The number of nitrogens with zero attached hydrogens (tertiary/aromatic N) is 2. The standard InChI is InChI=1S/C15H21IN2O/c1-15(2)11-18(9-8-17(15)3)10-14(19)12-4-6-13(16)7-5-12/h4-7H,8-11H2,1-3H3. The van der Waals surface area contributed by atoms with Crippen LogP contribution < -0.4 is 0 Å². The minimum Gasteiger partial charge on any atom is -0.299 e. The Labute approximate surface area is 129 Å². The van der Waals surface area contributed by atoms with Crippen LogP contribution in [0.2, 0.25) is 0 Å². The molecule has 3 nitrogen and oxygen atoms in total. The Balaban J connectivity index is 1.98. The average molecular weight is 372 g/mol. The van der Waals surface area contributed by atoms with Gasteiger partial charge in [-0.3, -0.25) is 14.6 Å². The van der Waals surface area contributed by atoms with Gasteiger partial charge in [0, 0.05) is 34.3 Å². The summed E-state index contributed by atoms with van der Waals surface area (Å²) >= 11 is 2.25. The Morgan fingerprint density at radius 2 is 1.89 bits per heavy atom. The van der Waals surface area contributed by atoms with Crippen molar-refractivity contribution in [2.75, 3.05) is 33.2 Å². The van der Waals surface area contributed by atoms with Crippen molar-refractivity contribution >= 4 is 28.4 Å². The zero-order valence-electron chi connectivity index (χ0n) is 11.8. The molecule has 0 bridgehead atoms. The number of rotatable bonds is 3. The van der Waals surface area contributed by atoms with Crippen LogP contribution in [0.1, 0.15) is 24.2 Å². The second-order valence-corrected chi connectivity index (χ2v) is 7.12. The molecular formula is C15H21IN2O. The quantitative estimate of drug-likeness (QED) is 0.602. The van der Waals surface area contributed by atoms with E-state index in [4.69, 9.17) is 0 Å². The summed E-state index contributed by atoms with van der Waals surface area (Å²) in [5.41, 5.74) is 0.960. The fraction of sp³-hybridized carbons (Fsp3) is 0.533. The summed E-state index contributed by atoms with van der Waals surface area (Å²) in [7, 11) is 2.15. The minimum absolute atomic E-state index is 0.143. The molecule has 1 aromatic carbocycles. The zero-order chi connectivity index (χ0) is 14.0. The van der Waals surface area contributed by atoms with Gasteiger partial charge in [0.05, 0.1) is 6.54 Å². The molecule has 0 unspecified atom stereocenters. The molecule has 1 heterocycles. The highest BCUT2D eigenvalue weighted by Crippen LogP contribution is 2.19. The topological polar surface area (TPSA) is 23.6 Å². The summed E-state index contributed by atoms with van der Waals surface area (Å²) < 4.78 is 1.16. The van der Waals surface area contributed by atoms with E-state index in [0.29, 0.717) is 6.54 Å². The van der Waals surface area contributed by atoms with Crippen LogP contribution in [0.4, 0.5) is 0 Å². The van der Waals surface area contributed by atoms with Crippen molar-refractivity contribution in [2.24, 2.45) is 0 Å². The van der Waals surface area contributed by atoms with Crippen LogP contribution in [0.3, 0.4) is 0 Å². The minimum atomic E-state index is 0.143. The van der Waals surface area contributed by atoms with E-state index >= 15 is 0 Å². The highest BCUT2D eigenvalue weighted by atomic mass is 127. The van der Waals surface area contributed by atoms with Gasteiger partial charge in [-0.2, -0.15) is 0 Å². The van der Waals surface area contributed by atoms with Crippen LogP contribution in [0, 0.1) is 3.57 Å². The van der Waals surface area contributed by atoms with Gasteiger partial charge in [-0.15, -0.1) is 0 Å². The first-order valence-corrected chi connectivity index (χ1v) is 7.69. The first-order valence-electron chi connectivity index (χ1n) is 6.61. The number of hydrogen-bond acceptors (Lipinski definition) is 3. The Bertz CT molecular complexity index is 456. The van der Waals surface area contributed by atoms with Gasteiger partial charge in [-0.05, 0) is 55.6 Å². The van der Waals surface area contributed by atoms with Gasteiger partial charge in [0.15, 0.2) is 5.78 Å². The Kier molecular flexibility index (Phi) is 4.63. The van der Waals surface area contributed by atoms with Crippen LogP contribution in [0.5, 0.6) is 0 Å². The molecular weight excluding hydrogens is 351 g/mol. The van der Waals surface area contributed by atoms with E-state index in [9.17, 15) is 4.79 Å². The molecule has 1 aromatic rings. The van der Waals surface area contributed by atoms with Crippen LogP contribution in [0.25, 0.3) is 0 Å². The number of ketones is 1. The maximum Gasteiger partial charge on any atom is 0.176 e. The number of likely N-dealkylation sites (N-methyl/N-ethyl adjacent to an activating group) is 1. The average Bonchev–Trinajstić information content (AvgIpc) is 2.34. The number of hydrogen-bond donors (Lipinski definition) is 0. The molecule has 0 amide bonds. The monoisotopic (exact) mass is 372 g/mol. The summed E-state index contributed by atoms with van der Waals surface area (Å²) in [4.78, 5) is 16.9. The molecule has 0 atom stereocenters. The largest absolute Gasteiger partial charge is 0.299 e. The fourth-order valence-electron chi connectivity index (χ4n) is 2.41. The number of carbonyl (C=O) groups excluding carboxylic acids is 1. The molecule has 0 radical (unpaired) electrons. The number of piperazine rings is 1. The molecule has 1 fully saturated rings. The SMILES string of the molecule is CN1CCN(CC(=O)c2ccc(I)cc2)CC1(C)C. The number of benzene rings is 1. The van der Waals surface area contributed by atoms with E-state index in [0.717, 1.165) is 28.8 Å². The molecule has 2 rings (SSSR count). The van der Waals surface area contributed by atoms with Gasteiger partial charge < -0.3 is 0 Å². The predicted molar refractivity (Wildman–Crippen MR) is 86.6 cm³/mol. The molecule has 4 heteroatoms. The number of halogens is 1. The van der Waals surface area contributed by atoms with Gasteiger partial charge in [0.2, 0.25) is 0 Å². The second-order valence-electron chi connectivity index (χ2n) is 5.87. The Morgan fingerprint density at radius 3 is 2.47 bits per heavy atom. The summed E-state index contributed by atoms with van der Waals surface area (Å²) in [6.45, 7) is 7.92. The van der Waals surface area contributed by atoms with Crippen molar-refractivity contribution < 1.29 is 4.79 Å². The third-order valence-corrected chi connectivity index (χ3v) is 4.65. The van der Waals surface area contributed by atoms with Crippen LogP contribution in [0.15, 0.2) is 24.3 Å².